The van der Waals surface area contributed by atoms with Gasteiger partial charge in [0, 0.05) is 4.47 Å². The van der Waals surface area contributed by atoms with Crippen molar-refractivity contribution < 1.29 is 4.79 Å². The summed E-state index contributed by atoms with van der Waals surface area (Å²) in [5.41, 5.74) is 0.671. The van der Waals surface area contributed by atoms with Crippen molar-refractivity contribution in [2.75, 3.05) is 0 Å². The molecule has 0 saturated carbocycles. The van der Waals surface area contributed by atoms with Crippen molar-refractivity contribution in [1.29, 1.82) is 0 Å². The first-order valence-corrected chi connectivity index (χ1v) is 3.52. The normalized spacial score (nSPS) is 8.90. The first-order chi connectivity index (χ1) is 4.83. The molecule has 0 aromatic heterocycles. The van der Waals surface area contributed by atoms with E-state index in [4.69, 9.17) is 0 Å². The minimum atomic E-state index is 0.530. The van der Waals surface area contributed by atoms with Crippen LogP contribution in [-0.2, 0) is 4.79 Å². The molecule has 0 spiro atoms. The van der Waals surface area contributed by atoms with E-state index in [2.05, 4.69) is 21.2 Å². The molecule has 0 aliphatic carbocycles. The summed E-state index contributed by atoms with van der Waals surface area (Å²) >= 11 is 3.26. The van der Waals surface area contributed by atoms with Crippen molar-refractivity contribution in [2.24, 2.45) is 0 Å². The molecule has 3 heteroatoms. The second kappa shape index (κ2) is 3.37. The van der Waals surface area contributed by atoms with E-state index in [1.807, 2.05) is 12.1 Å². The Bertz CT molecular complexity index is 237. The van der Waals surface area contributed by atoms with Crippen LogP contribution in [0.5, 0.6) is 0 Å². The first-order valence-electron chi connectivity index (χ1n) is 2.73. The maximum atomic E-state index is 9.90. The third-order valence-electron chi connectivity index (χ3n) is 1.01. The average molecular weight is 199 g/mol. The number of nitrogens with zero attached hydrogens (tertiary/aromatic N) is 1. The summed E-state index contributed by atoms with van der Waals surface area (Å²) in [6.45, 7) is 0. The molecule has 0 fully saturated rings. The fourth-order valence-corrected chi connectivity index (χ4v) is 1.00. The van der Waals surface area contributed by atoms with Crippen molar-refractivity contribution in [3.63, 3.8) is 0 Å². The number of rotatable bonds is 2. The molecule has 0 bridgehead atoms. The van der Waals surface area contributed by atoms with Gasteiger partial charge in [0.05, 0.1) is 5.69 Å². The predicted octanol–water partition coefficient (Wildman–Crippen LogP) is 1.84. The highest BCUT2D eigenvalue weighted by Crippen LogP contribution is 2.14. The quantitative estimate of drug-likeness (QED) is 0.668. The Morgan fingerprint density at radius 1 is 1.50 bits per heavy atom. The van der Waals surface area contributed by atoms with E-state index in [9.17, 15) is 4.79 Å². The number of amides is 1. The van der Waals surface area contributed by atoms with Crippen LogP contribution >= 0.6 is 15.9 Å². The monoisotopic (exact) mass is 198 g/mol. The van der Waals surface area contributed by atoms with Crippen LogP contribution in [0, 0.1) is 0 Å². The van der Waals surface area contributed by atoms with Crippen molar-refractivity contribution >= 4 is 28.0 Å². The molecule has 51 valence electrons. The van der Waals surface area contributed by atoms with E-state index in [1.54, 1.807) is 12.1 Å². The Labute approximate surface area is 67.4 Å². The molecule has 10 heavy (non-hydrogen) atoms. The molecule has 0 N–H and O–H groups in total. The van der Waals surface area contributed by atoms with Gasteiger partial charge in [0.1, 0.15) is 0 Å². The lowest BCUT2D eigenvalue weighted by Gasteiger charge is -1.93. The molecular formula is C7H5BrNO. The van der Waals surface area contributed by atoms with Gasteiger partial charge in [-0.2, -0.15) is 0 Å². The number of halogens is 1. The molecule has 0 heterocycles. The molecule has 1 aromatic rings. The van der Waals surface area contributed by atoms with E-state index in [1.165, 1.54) is 0 Å². The largest absolute Gasteiger partial charge is 0.276 e. The van der Waals surface area contributed by atoms with E-state index in [-0.39, 0.29) is 0 Å². The molecule has 0 saturated heterocycles. The lowest BCUT2D eigenvalue weighted by atomic mass is 10.3. The van der Waals surface area contributed by atoms with E-state index in [0.717, 1.165) is 4.47 Å². The van der Waals surface area contributed by atoms with E-state index in [0.29, 0.717) is 12.1 Å². The highest BCUT2D eigenvalue weighted by Gasteiger charge is 1.90. The predicted molar refractivity (Wildman–Crippen MR) is 42.0 cm³/mol. The summed E-state index contributed by atoms with van der Waals surface area (Å²) in [4.78, 5) is 9.90. The van der Waals surface area contributed by atoms with E-state index < -0.39 is 0 Å². The molecule has 0 unspecified atom stereocenters. The van der Waals surface area contributed by atoms with E-state index >= 15 is 0 Å². The number of hydrogen-bond acceptors (Lipinski definition) is 1. The van der Waals surface area contributed by atoms with Gasteiger partial charge in [0.15, 0.2) is 0 Å². The van der Waals surface area contributed by atoms with Crippen molar-refractivity contribution in [1.82, 2.24) is 5.32 Å². The maximum Gasteiger partial charge on any atom is 0.233 e. The zero-order valence-corrected chi connectivity index (χ0v) is 6.71. The smallest absolute Gasteiger partial charge is 0.233 e. The second-order valence-corrected chi connectivity index (χ2v) is 2.63. The molecule has 1 rings (SSSR count). The molecule has 1 aromatic carbocycles. The summed E-state index contributed by atoms with van der Waals surface area (Å²) in [5, 5.41) is 3.56. The van der Waals surface area contributed by atoms with Gasteiger partial charge < -0.3 is 0 Å². The molecular weight excluding hydrogens is 194 g/mol. The van der Waals surface area contributed by atoms with Crippen LogP contribution in [-0.4, -0.2) is 6.41 Å². The van der Waals surface area contributed by atoms with Crippen LogP contribution < -0.4 is 5.32 Å². The fraction of sp³-hybridized carbons (Fsp3) is 0. The Morgan fingerprint density at radius 3 is 2.90 bits per heavy atom. The molecule has 0 aliphatic heterocycles. The van der Waals surface area contributed by atoms with Crippen molar-refractivity contribution in [3.8, 4) is 0 Å². The van der Waals surface area contributed by atoms with Gasteiger partial charge in [-0.3, -0.25) is 4.79 Å². The van der Waals surface area contributed by atoms with Crippen molar-refractivity contribution in [3.05, 3.63) is 28.7 Å². The zero-order chi connectivity index (χ0) is 7.40. The number of carbonyl (C=O) groups excluding carboxylic acids is 1. The van der Waals surface area contributed by atoms with Gasteiger partial charge in [0.25, 0.3) is 0 Å². The summed E-state index contributed by atoms with van der Waals surface area (Å²) in [6, 6.07) is 7.24. The van der Waals surface area contributed by atoms with Gasteiger partial charge in [0.2, 0.25) is 6.41 Å². The SMILES string of the molecule is O=C[N]c1cccc(Br)c1. The van der Waals surface area contributed by atoms with Crippen LogP contribution in [0.15, 0.2) is 28.7 Å². The summed E-state index contributed by atoms with van der Waals surface area (Å²) in [6.07, 6.45) is 0.530. The van der Waals surface area contributed by atoms with Gasteiger partial charge in [-0.25, -0.2) is 5.32 Å². The van der Waals surface area contributed by atoms with Crippen LogP contribution in [0.25, 0.3) is 0 Å². The third kappa shape index (κ3) is 1.84. The van der Waals surface area contributed by atoms with Crippen LogP contribution in [0.4, 0.5) is 5.69 Å². The van der Waals surface area contributed by atoms with Crippen LogP contribution in [0.2, 0.25) is 0 Å². The average Bonchev–Trinajstić information content (AvgIpc) is 1.88. The number of hydrogen-bond donors (Lipinski definition) is 0. The Hall–Kier alpha value is -0.830. The van der Waals surface area contributed by atoms with Gasteiger partial charge >= 0.3 is 0 Å². The highest BCUT2D eigenvalue weighted by atomic mass is 79.9. The Morgan fingerprint density at radius 2 is 2.30 bits per heavy atom. The highest BCUT2D eigenvalue weighted by molar-refractivity contribution is 9.10. The molecule has 1 amide bonds. The van der Waals surface area contributed by atoms with Crippen molar-refractivity contribution in [2.45, 2.75) is 0 Å². The standard InChI is InChI=1S/C7H5BrNO/c8-6-2-1-3-7(4-6)9-5-10/h1-5H. The maximum absolute atomic E-state index is 9.90. The van der Waals surface area contributed by atoms with Gasteiger partial charge in [-0.05, 0) is 18.2 Å². The zero-order valence-electron chi connectivity index (χ0n) is 5.12. The minimum absolute atomic E-state index is 0.530. The minimum Gasteiger partial charge on any atom is -0.276 e. The molecule has 2 nitrogen and oxygen atoms in total. The van der Waals surface area contributed by atoms with Crippen LogP contribution in [0.1, 0.15) is 0 Å². The summed E-state index contributed by atoms with van der Waals surface area (Å²) in [7, 11) is 0. The van der Waals surface area contributed by atoms with Gasteiger partial charge in [-0.1, -0.05) is 22.0 Å². The lowest BCUT2D eigenvalue weighted by molar-refractivity contribution is -0.108. The topological polar surface area (TPSA) is 31.2 Å². The number of benzene rings is 1. The molecule has 0 aliphatic rings. The first kappa shape index (κ1) is 7.28. The summed E-state index contributed by atoms with van der Waals surface area (Å²) in [5.74, 6) is 0. The fourth-order valence-electron chi connectivity index (χ4n) is 0.617. The summed E-state index contributed by atoms with van der Waals surface area (Å²) < 4.78 is 0.926. The van der Waals surface area contributed by atoms with Crippen LogP contribution in [0.3, 0.4) is 0 Å². The third-order valence-corrected chi connectivity index (χ3v) is 1.50. The lowest BCUT2D eigenvalue weighted by Crippen LogP contribution is -1.90. The van der Waals surface area contributed by atoms with Gasteiger partial charge in [-0.15, -0.1) is 0 Å². The Balaban J connectivity index is 2.84. The number of carbonyl (C=O) groups is 1. The Kier molecular flexibility index (Phi) is 2.45. The molecule has 0 atom stereocenters. The molecule has 1 radical (unpaired) electrons. The second-order valence-electron chi connectivity index (χ2n) is 1.71.